The third-order valence-corrected chi connectivity index (χ3v) is 5.10. The van der Waals surface area contributed by atoms with E-state index in [1.54, 1.807) is 16.9 Å². The molecule has 0 bridgehead atoms. The Morgan fingerprint density at radius 3 is 2.66 bits per heavy atom. The number of pyridine rings is 1. The molecule has 4 aromatic rings. The zero-order valence-corrected chi connectivity index (χ0v) is 16.9. The molecule has 8 heteroatoms. The summed E-state index contributed by atoms with van der Waals surface area (Å²) in [5.41, 5.74) is 3.42. The number of aromatic amines is 1. The summed E-state index contributed by atoms with van der Waals surface area (Å²) < 4.78 is 1.73. The molecule has 1 aromatic carbocycles. The van der Waals surface area contributed by atoms with Crippen molar-refractivity contribution < 1.29 is 4.79 Å². The van der Waals surface area contributed by atoms with Crippen molar-refractivity contribution >= 4 is 28.3 Å². The molecule has 1 N–H and O–H groups in total. The van der Waals surface area contributed by atoms with Gasteiger partial charge in [0.1, 0.15) is 5.82 Å². The summed E-state index contributed by atoms with van der Waals surface area (Å²) in [4.78, 5) is 35.9. The number of rotatable bonds is 4. The summed E-state index contributed by atoms with van der Waals surface area (Å²) in [7, 11) is 0. The van der Waals surface area contributed by atoms with Crippen molar-refractivity contribution in [2.75, 3.05) is 0 Å². The predicted molar refractivity (Wildman–Crippen MR) is 111 cm³/mol. The van der Waals surface area contributed by atoms with Crippen LogP contribution >= 0.6 is 11.6 Å². The van der Waals surface area contributed by atoms with E-state index in [4.69, 9.17) is 11.6 Å². The molecule has 0 amide bonds. The van der Waals surface area contributed by atoms with E-state index in [1.165, 1.54) is 13.0 Å². The van der Waals surface area contributed by atoms with Crippen molar-refractivity contribution in [3.8, 4) is 5.82 Å². The topological polar surface area (TPSA) is 93.5 Å². The Bertz CT molecular complexity index is 1290. The van der Waals surface area contributed by atoms with Crippen LogP contribution in [0.5, 0.6) is 0 Å². The normalized spacial score (nSPS) is 11.2. The van der Waals surface area contributed by atoms with Crippen molar-refractivity contribution in [1.29, 1.82) is 0 Å². The monoisotopic (exact) mass is 407 g/mol. The molecule has 3 aromatic heterocycles. The number of hydrogen-bond acceptors (Lipinski definition) is 5. The lowest BCUT2D eigenvalue weighted by Gasteiger charge is -2.07. The Kier molecular flexibility index (Phi) is 4.76. The highest BCUT2D eigenvalue weighted by atomic mass is 35.5. The van der Waals surface area contributed by atoms with Crippen LogP contribution in [0.2, 0.25) is 5.02 Å². The lowest BCUT2D eigenvalue weighted by atomic mass is 10.1. The highest BCUT2D eigenvalue weighted by Crippen LogP contribution is 2.22. The van der Waals surface area contributed by atoms with Gasteiger partial charge in [0.15, 0.2) is 11.6 Å². The van der Waals surface area contributed by atoms with E-state index in [2.05, 4.69) is 20.1 Å². The van der Waals surface area contributed by atoms with Gasteiger partial charge in [0.25, 0.3) is 5.56 Å². The number of H-pyrrole nitrogens is 1. The van der Waals surface area contributed by atoms with Gasteiger partial charge in [0.05, 0.1) is 21.6 Å². The number of carbonyl (C=O) groups excluding carboxylic acids is 1. The maximum absolute atomic E-state index is 12.4. The number of fused-ring (bicyclic) bond motifs is 1. The lowest BCUT2D eigenvalue weighted by molar-refractivity contribution is 0.101. The van der Waals surface area contributed by atoms with Crippen LogP contribution in [-0.4, -0.2) is 30.5 Å². The molecule has 0 aliphatic heterocycles. The Morgan fingerprint density at radius 2 is 2.03 bits per heavy atom. The number of nitrogens with zero attached hydrogens (tertiary/aromatic N) is 4. The van der Waals surface area contributed by atoms with Gasteiger partial charge in [-0.3, -0.25) is 9.59 Å². The van der Waals surface area contributed by atoms with Crippen molar-refractivity contribution in [2.45, 2.75) is 27.2 Å². The number of aromatic nitrogens is 5. The van der Waals surface area contributed by atoms with Crippen molar-refractivity contribution in [1.82, 2.24) is 24.7 Å². The molecule has 0 fully saturated rings. The van der Waals surface area contributed by atoms with Crippen LogP contribution < -0.4 is 5.56 Å². The number of ketones is 1. The molecule has 0 spiro atoms. The average molecular weight is 408 g/mol. The fraction of sp³-hybridized carbons (Fsp3) is 0.190. The van der Waals surface area contributed by atoms with Crippen LogP contribution in [0.1, 0.15) is 39.9 Å². The third-order valence-electron chi connectivity index (χ3n) is 4.78. The second kappa shape index (κ2) is 7.25. The van der Waals surface area contributed by atoms with Gasteiger partial charge in [-0.25, -0.2) is 14.6 Å². The number of benzene rings is 1. The zero-order valence-electron chi connectivity index (χ0n) is 16.2. The number of halogens is 1. The van der Waals surface area contributed by atoms with E-state index in [9.17, 15) is 9.59 Å². The first-order valence-corrected chi connectivity index (χ1v) is 9.41. The minimum absolute atomic E-state index is 0.176. The lowest BCUT2D eigenvalue weighted by Crippen LogP contribution is -2.13. The predicted octanol–water partition coefficient (Wildman–Crippen LogP) is 3.57. The van der Waals surface area contributed by atoms with E-state index >= 15 is 0 Å². The first-order valence-electron chi connectivity index (χ1n) is 9.03. The summed E-state index contributed by atoms with van der Waals surface area (Å²) in [5.74, 6) is 1.02. The molecular formula is C21H18ClN5O2. The van der Waals surface area contributed by atoms with Crippen LogP contribution in [-0.2, 0) is 6.42 Å². The van der Waals surface area contributed by atoms with Gasteiger partial charge < -0.3 is 4.98 Å². The second-order valence-corrected chi connectivity index (χ2v) is 7.37. The van der Waals surface area contributed by atoms with Crippen LogP contribution in [0.4, 0.5) is 0 Å². The number of nitrogens with one attached hydrogen (secondary N) is 1. The third kappa shape index (κ3) is 3.69. The Balaban J connectivity index is 1.66. The molecule has 3 heterocycles. The smallest absolute Gasteiger partial charge is 0.258 e. The highest BCUT2D eigenvalue weighted by Gasteiger charge is 2.12. The van der Waals surface area contributed by atoms with Crippen molar-refractivity contribution in [3.63, 3.8) is 0 Å². The summed E-state index contributed by atoms with van der Waals surface area (Å²) in [5, 5.41) is 5.02. The van der Waals surface area contributed by atoms with Crippen LogP contribution in [0, 0.1) is 13.8 Å². The summed E-state index contributed by atoms with van der Waals surface area (Å²) in [6.07, 6.45) is 4.06. The molecule has 4 rings (SSSR count). The van der Waals surface area contributed by atoms with Gasteiger partial charge in [-0.2, -0.15) is 5.10 Å². The summed E-state index contributed by atoms with van der Waals surface area (Å²) in [6.45, 7) is 5.38. The van der Waals surface area contributed by atoms with Gasteiger partial charge in [0.2, 0.25) is 0 Å². The molecule has 0 unspecified atom stereocenters. The standard InChI is InChI=1S/C21H18ClN5O2/c1-11-10-27(26-12(11)2)20-5-4-14(9-23-20)6-19-24-18-8-15(13(3)28)17(22)7-16(18)21(29)25-19/h4-5,7-10H,6H2,1-3H3,(H,24,25,29). The van der Waals surface area contributed by atoms with Crippen LogP contribution in [0.3, 0.4) is 0 Å². The summed E-state index contributed by atoms with van der Waals surface area (Å²) >= 11 is 6.10. The fourth-order valence-corrected chi connectivity index (χ4v) is 3.37. The molecule has 0 atom stereocenters. The molecule has 0 saturated heterocycles. The minimum atomic E-state index is -0.297. The minimum Gasteiger partial charge on any atom is -0.310 e. The number of Topliss-reactive ketones (excluding diaryl/α,β-unsaturated/α-hetero) is 1. The quantitative estimate of drug-likeness (QED) is 0.522. The number of aryl methyl sites for hydroxylation is 2. The maximum atomic E-state index is 12.4. The van der Waals surface area contributed by atoms with Gasteiger partial charge in [0, 0.05) is 24.4 Å². The molecule has 0 aliphatic rings. The van der Waals surface area contributed by atoms with E-state index in [0.29, 0.717) is 34.5 Å². The SMILES string of the molecule is CC(=O)c1cc2nc(Cc3ccc(-n4cc(C)c(C)n4)nc3)[nH]c(=O)c2cc1Cl. The molecule has 0 radical (unpaired) electrons. The molecule has 146 valence electrons. The molecular weight excluding hydrogens is 390 g/mol. The second-order valence-electron chi connectivity index (χ2n) is 6.96. The van der Waals surface area contributed by atoms with Gasteiger partial charge in [-0.15, -0.1) is 0 Å². The first kappa shape index (κ1) is 19.0. The Labute approximate surface area is 171 Å². The van der Waals surface area contributed by atoms with Crippen LogP contribution in [0.15, 0.2) is 41.5 Å². The Hall–Kier alpha value is -3.32. The van der Waals surface area contributed by atoms with E-state index in [0.717, 1.165) is 16.8 Å². The molecule has 29 heavy (non-hydrogen) atoms. The zero-order chi connectivity index (χ0) is 20.7. The van der Waals surface area contributed by atoms with Gasteiger partial charge in [-0.05, 0) is 50.1 Å². The Morgan fingerprint density at radius 1 is 1.24 bits per heavy atom. The molecule has 7 nitrogen and oxygen atoms in total. The highest BCUT2D eigenvalue weighted by molar-refractivity contribution is 6.34. The van der Waals surface area contributed by atoms with Gasteiger partial charge in [-0.1, -0.05) is 17.7 Å². The van der Waals surface area contributed by atoms with E-state index in [-0.39, 0.29) is 16.4 Å². The van der Waals surface area contributed by atoms with Crippen molar-refractivity contribution in [3.05, 3.63) is 80.2 Å². The average Bonchev–Trinajstić information content (AvgIpc) is 3.01. The van der Waals surface area contributed by atoms with Crippen molar-refractivity contribution in [2.24, 2.45) is 0 Å². The maximum Gasteiger partial charge on any atom is 0.258 e. The number of carbonyl (C=O) groups is 1. The van der Waals surface area contributed by atoms with E-state index < -0.39 is 0 Å². The first-order chi connectivity index (χ1) is 13.8. The molecule has 0 aliphatic carbocycles. The van der Waals surface area contributed by atoms with E-state index in [1.807, 2.05) is 32.2 Å². The fourth-order valence-electron chi connectivity index (χ4n) is 3.08. The van der Waals surface area contributed by atoms with Gasteiger partial charge >= 0.3 is 0 Å². The summed E-state index contributed by atoms with van der Waals surface area (Å²) in [6, 6.07) is 6.83. The largest absolute Gasteiger partial charge is 0.310 e. The van der Waals surface area contributed by atoms with Crippen LogP contribution in [0.25, 0.3) is 16.7 Å². The number of hydrogen-bond donors (Lipinski definition) is 1. The molecule has 0 saturated carbocycles.